The van der Waals surface area contributed by atoms with E-state index in [1.54, 1.807) is 49.3 Å². The van der Waals surface area contributed by atoms with E-state index in [0.717, 1.165) is 5.56 Å². The van der Waals surface area contributed by atoms with Crippen molar-refractivity contribution in [3.63, 3.8) is 0 Å². The monoisotopic (exact) mass is 350 g/mol. The van der Waals surface area contributed by atoms with Crippen LogP contribution in [-0.4, -0.2) is 24.9 Å². The number of nitrogens with one attached hydrogen (secondary N) is 1. The zero-order valence-electron chi connectivity index (χ0n) is 14.7. The van der Waals surface area contributed by atoms with Crippen LogP contribution in [0.1, 0.15) is 11.1 Å². The predicted molar refractivity (Wildman–Crippen MR) is 101 cm³/mol. The quantitative estimate of drug-likeness (QED) is 0.385. The number of hydrogen-bond acceptors (Lipinski definition) is 5. The third kappa shape index (κ3) is 4.45. The maximum atomic E-state index is 12.3. The second-order valence-corrected chi connectivity index (χ2v) is 5.89. The van der Waals surface area contributed by atoms with E-state index in [-0.39, 0.29) is 11.3 Å². The van der Waals surface area contributed by atoms with E-state index in [4.69, 9.17) is 0 Å². The highest BCUT2D eigenvalue weighted by atomic mass is 16.6. The number of aryl methyl sites for hydroxylation is 1. The van der Waals surface area contributed by atoms with Gasteiger partial charge in [-0.25, -0.2) is 0 Å². The second kappa shape index (κ2) is 7.94. The summed E-state index contributed by atoms with van der Waals surface area (Å²) in [5.74, 6) is -0.572. The molecule has 132 valence electrons. The molecule has 0 atom stereocenters. The zero-order valence-corrected chi connectivity index (χ0v) is 14.7. The van der Waals surface area contributed by atoms with Crippen LogP contribution >= 0.6 is 0 Å². The Morgan fingerprint density at radius 2 is 2.00 bits per heavy atom. The maximum absolute atomic E-state index is 12.3. The van der Waals surface area contributed by atoms with Crippen molar-refractivity contribution in [1.82, 2.24) is 0 Å². The molecule has 0 saturated carbocycles. The number of nitrogens with zero attached hydrogens (tertiary/aromatic N) is 3. The number of rotatable bonds is 5. The van der Waals surface area contributed by atoms with E-state index in [1.165, 1.54) is 12.1 Å². The summed E-state index contributed by atoms with van der Waals surface area (Å²) >= 11 is 0. The van der Waals surface area contributed by atoms with Crippen molar-refractivity contribution >= 4 is 29.0 Å². The molecule has 0 unspecified atom stereocenters. The molecule has 2 aromatic rings. The minimum atomic E-state index is -0.572. The lowest BCUT2D eigenvalue weighted by atomic mass is 10.1. The number of amides is 1. The van der Waals surface area contributed by atoms with E-state index < -0.39 is 10.8 Å². The Bertz CT molecular complexity index is 927. The van der Waals surface area contributed by atoms with Crippen molar-refractivity contribution in [3.05, 3.63) is 69.3 Å². The molecule has 0 heterocycles. The number of nitro benzene ring substituents is 1. The summed E-state index contributed by atoms with van der Waals surface area (Å²) in [6, 6.07) is 13.6. The molecule has 0 bridgehead atoms. The van der Waals surface area contributed by atoms with Crippen LogP contribution in [0, 0.1) is 28.4 Å². The van der Waals surface area contributed by atoms with Crippen LogP contribution in [-0.2, 0) is 4.79 Å². The van der Waals surface area contributed by atoms with Gasteiger partial charge < -0.3 is 10.2 Å². The van der Waals surface area contributed by atoms with E-state index in [0.29, 0.717) is 16.9 Å². The summed E-state index contributed by atoms with van der Waals surface area (Å²) in [7, 11) is 3.40. The molecule has 7 heteroatoms. The van der Waals surface area contributed by atoms with Crippen molar-refractivity contribution in [2.24, 2.45) is 0 Å². The van der Waals surface area contributed by atoms with Gasteiger partial charge in [0.15, 0.2) is 0 Å². The first-order valence-electron chi connectivity index (χ1n) is 7.77. The van der Waals surface area contributed by atoms with E-state index in [1.807, 2.05) is 19.1 Å². The maximum Gasteiger partial charge on any atom is 0.293 e. The smallest absolute Gasteiger partial charge is 0.293 e. The third-order valence-electron chi connectivity index (χ3n) is 3.63. The summed E-state index contributed by atoms with van der Waals surface area (Å²) in [5.41, 5.74) is 2.15. The van der Waals surface area contributed by atoms with Crippen molar-refractivity contribution in [2.45, 2.75) is 6.92 Å². The topological polar surface area (TPSA) is 99.3 Å². The lowest BCUT2D eigenvalue weighted by Gasteiger charge is -2.12. The molecule has 1 amide bonds. The Morgan fingerprint density at radius 3 is 2.58 bits per heavy atom. The summed E-state index contributed by atoms with van der Waals surface area (Å²) in [6.07, 6.45) is 1.33. The molecule has 0 aliphatic carbocycles. The first-order chi connectivity index (χ1) is 12.3. The van der Waals surface area contributed by atoms with Gasteiger partial charge in [-0.15, -0.1) is 0 Å². The molecule has 0 aromatic heterocycles. The van der Waals surface area contributed by atoms with Crippen LogP contribution in [0.5, 0.6) is 0 Å². The molecular formula is C19H18N4O3. The highest BCUT2D eigenvalue weighted by Gasteiger charge is 2.17. The minimum absolute atomic E-state index is 0.0971. The molecule has 2 rings (SSSR count). The first-order valence-corrected chi connectivity index (χ1v) is 7.77. The standard InChI is InChI=1S/C19H18N4O3/c1-13-5-4-6-16(9-13)21-19(24)15(12-20)10-14-7-8-17(22(2)3)18(11-14)23(25)26/h4-11H,1-3H3,(H,21,24)/b15-10+. The molecule has 0 fully saturated rings. The van der Waals surface area contributed by atoms with E-state index in [2.05, 4.69) is 5.32 Å². The van der Waals surface area contributed by atoms with Gasteiger partial charge in [-0.1, -0.05) is 18.2 Å². The Balaban J connectivity index is 2.33. The lowest BCUT2D eigenvalue weighted by molar-refractivity contribution is -0.384. The van der Waals surface area contributed by atoms with Crippen LogP contribution in [0.4, 0.5) is 17.1 Å². The summed E-state index contributed by atoms with van der Waals surface area (Å²) < 4.78 is 0. The summed E-state index contributed by atoms with van der Waals surface area (Å²) in [6.45, 7) is 1.89. The van der Waals surface area contributed by atoms with Gasteiger partial charge in [0.05, 0.1) is 4.92 Å². The SMILES string of the molecule is Cc1cccc(NC(=O)/C(C#N)=C/c2ccc(N(C)C)c([N+](=O)[O-])c2)c1. The molecule has 0 radical (unpaired) electrons. The third-order valence-corrected chi connectivity index (χ3v) is 3.63. The van der Waals surface area contributed by atoms with Crippen molar-refractivity contribution in [2.75, 3.05) is 24.3 Å². The predicted octanol–water partition coefficient (Wildman–Crippen LogP) is 3.51. The average Bonchev–Trinajstić information content (AvgIpc) is 2.59. The van der Waals surface area contributed by atoms with Crippen LogP contribution in [0.3, 0.4) is 0 Å². The number of hydrogen-bond donors (Lipinski definition) is 1. The van der Waals surface area contributed by atoms with Gasteiger partial charge in [0.1, 0.15) is 17.3 Å². The molecule has 0 aliphatic heterocycles. The number of anilines is 2. The van der Waals surface area contributed by atoms with Gasteiger partial charge in [-0.3, -0.25) is 14.9 Å². The van der Waals surface area contributed by atoms with Crippen molar-refractivity contribution < 1.29 is 9.72 Å². The average molecular weight is 350 g/mol. The van der Waals surface area contributed by atoms with Gasteiger partial charge in [0.2, 0.25) is 0 Å². The number of benzene rings is 2. The Hall–Kier alpha value is -3.66. The molecule has 26 heavy (non-hydrogen) atoms. The Kier molecular flexibility index (Phi) is 5.71. The second-order valence-electron chi connectivity index (χ2n) is 5.89. The number of carbonyl (C=O) groups excluding carboxylic acids is 1. The van der Waals surface area contributed by atoms with E-state index in [9.17, 15) is 20.2 Å². The molecule has 0 saturated heterocycles. The van der Waals surface area contributed by atoms with E-state index >= 15 is 0 Å². The normalized spacial score (nSPS) is 10.8. The van der Waals surface area contributed by atoms with Gasteiger partial charge in [0, 0.05) is 25.8 Å². The van der Waals surface area contributed by atoms with Crippen LogP contribution < -0.4 is 10.2 Å². The zero-order chi connectivity index (χ0) is 19.3. The number of nitriles is 1. The van der Waals surface area contributed by atoms with Crippen molar-refractivity contribution in [3.8, 4) is 6.07 Å². The molecular weight excluding hydrogens is 332 g/mol. The fourth-order valence-electron chi connectivity index (χ4n) is 2.39. The largest absolute Gasteiger partial charge is 0.372 e. The highest BCUT2D eigenvalue weighted by Crippen LogP contribution is 2.28. The number of carbonyl (C=O) groups is 1. The summed E-state index contributed by atoms with van der Waals surface area (Å²) in [5, 5.41) is 23.2. The fourth-order valence-corrected chi connectivity index (χ4v) is 2.39. The fraction of sp³-hybridized carbons (Fsp3) is 0.158. The molecule has 7 nitrogen and oxygen atoms in total. The van der Waals surface area contributed by atoms with Gasteiger partial charge in [-0.2, -0.15) is 5.26 Å². The van der Waals surface area contributed by atoms with Crippen molar-refractivity contribution in [1.29, 1.82) is 5.26 Å². The number of nitro groups is 1. The summed E-state index contributed by atoms with van der Waals surface area (Å²) in [4.78, 5) is 24.7. The Labute approximate surface area is 151 Å². The molecule has 2 aromatic carbocycles. The van der Waals surface area contributed by atoms with Gasteiger partial charge in [-0.05, 0) is 42.3 Å². The van der Waals surface area contributed by atoms with Crippen LogP contribution in [0.15, 0.2) is 48.0 Å². The van der Waals surface area contributed by atoms with Crippen LogP contribution in [0.25, 0.3) is 6.08 Å². The molecule has 0 aliphatic rings. The minimum Gasteiger partial charge on any atom is -0.372 e. The highest BCUT2D eigenvalue weighted by molar-refractivity contribution is 6.09. The van der Waals surface area contributed by atoms with Crippen LogP contribution in [0.2, 0.25) is 0 Å². The lowest BCUT2D eigenvalue weighted by Crippen LogP contribution is -2.13. The van der Waals surface area contributed by atoms with Gasteiger partial charge >= 0.3 is 0 Å². The first kappa shape index (κ1) is 18.7. The molecule has 1 N–H and O–H groups in total. The Morgan fingerprint density at radius 1 is 1.27 bits per heavy atom. The molecule has 0 spiro atoms. The van der Waals surface area contributed by atoms with Gasteiger partial charge in [0.25, 0.3) is 11.6 Å².